The number of aryl methyl sites for hydroxylation is 2. The predicted molar refractivity (Wildman–Crippen MR) is 127 cm³/mol. The molecule has 1 fully saturated rings. The van der Waals surface area contributed by atoms with Crippen LogP contribution in [0.15, 0.2) is 47.1 Å². The van der Waals surface area contributed by atoms with Gasteiger partial charge in [-0.15, -0.1) is 0 Å². The molecule has 2 aromatic carbocycles. The zero-order chi connectivity index (χ0) is 26.7. The smallest absolute Gasteiger partial charge is 0.507 e. The summed E-state index contributed by atoms with van der Waals surface area (Å²) in [5, 5.41) is 42.5. The molecule has 0 aliphatic carbocycles. The summed E-state index contributed by atoms with van der Waals surface area (Å²) in [6, 6.07) is 10.3. The quantitative estimate of drug-likeness (QED) is 0.256. The summed E-state index contributed by atoms with van der Waals surface area (Å²) in [4.78, 5) is 24.5. The van der Waals surface area contributed by atoms with Crippen LogP contribution < -0.4 is 4.74 Å². The number of aliphatic hydroxyl groups excluding tert-OH is 3. The van der Waals surface area contributed by atoms with Gasteiger partial charge in [-0.1, -0.05) is 6.07 Å². The molecule has 198 valence electrons. The van der Waals surface area contributed by atoms with Crippen LogP contribution in [0.1, 0.15) is 27.9 Å². The number of phenols is 1. The van der Waals surface area contributed by atoms with Crippen LogP contribution in [0.25, 0.3) is 11.0 Å². The summed E-state index contributed by atoms with van der Waals surface area (Å²) in [6.45, 7) is 1.17. The van der Waals surface area contributed by atoms with Gasteiger partial charge < -0.3 is 43.8 Å². The van der Waals surface area contributed by atoms with E-state index in [9.17, 15) is 30.0 Å². The number of hydrogen-bond donors (Lipinski definition) is 4. The number of phenolic OH excluding ortho intramolecular Hbond substituents is 1. The zero-order valence-corrected chi connectivity index (χ0v) is 20.2. The number of carbonyl (C=O) groups is 2. The first-order valence-electron chi connectivity index (χ1n) is 11.6. The molecule has 1 unspecified atom stereocenters. The van der Waals surface area contributed by atoms with E-state index in [0.717, 1.165) is 23.6 Å². The van der Waals surface area contributed by atoms with Crippen molar-refractivity contribution in [3.05, 3.63) is 59.4 Å². The second-order valence-electron chi connectivity index (χ2n) is 8.77. The molecule has 0 saturated carbocycles. The van der Waals surface area contributed by atoms with Gasteiger partial charge in [-0.3, -0.25) is 4.79 Å². The molecule has 0 amide bonds. The minimum atomic E-state index is -1.71. The van der Waals surface area contributed by atoms with Gasteiger partial charge in [-0.25, -0.2) is 4.79 Å². The third-order valence-electron chi connectivity index (χ3n) is 6.11. The molecule has 4 N–H and O–H groups in total. The average Bonchev–Trinajstić information content (AvgIpc) is 3.34. The Morgan fingerprint density at radius 3 is 2.57 bits per heavy atom. The Morgan fingerprint density at radius 2 is 1.81 bits per heavy atom. The highest BCUT2D eigenvalue weighted by atomic mass is 16.7. The summed E-state index contributed by atoms with van der Waals surface area (Å²) in [5.41, 5.74) is 2.07. The van der Waals surface area contributed by atoms with E-state index in [-0.39, 0.29) is 23.5 Å². The fourth-order valence-corrected chi connectivity index (χ4v) is 4.15. The van der Waals surface area contributed by atoms with Crippen LogP contribution in [0.4, 0.5) is 4.79 Å². The molecule has 2 heterocycles. The highest BCUT2D eigenvalue weighted by molar-refractivity contribution is 6.01. The van der Waals surface area contributed by atoms with Crippen LogP contribution in [0.3, 0.4) is 0 Å². The topological polar surface area (TPSA) is 165 Å². The highest BCUT2D eigenvalue weighted by Gasteiger charge is 2.46. The molecule has 0 bridgehead atoms. The van der Waals surface area contributed by atoms with Gasteiger partial charge in [0, 0.05) is 11.8 Å². The van der Waals surface area contributed by atoms with Crippen molar-refractivity contribution in [3.8, 4) is 11.5 Å². The number of aliphatic hydroxyl groups is 3. The number of aromatic hydroxyl groups is 1. The first kappa shape index (κ1) is 26.4. The number of Topliss-reactive ketones (excluding diaryl/α,β-unsaturated/α-hetero) is 1. The van der Waals surface area contributed by atoms with Crippen molar-refractivity contribution in [2.45, 2.75) is 50.5 Å². The third-order valence-corrected chi connectivity index (χ3v) is 6.11. The Balaban J connectivity index is 1.52. The number of fused-ring (bicyclic) bond motifs is 1. The maximum atomic E-state index is 13.2. The monoisotopic (exact) mass is 516 g/mol. The molecule has 0 radical (unpaired) electrons. The van der Waals surface area contributed by atoms with E-state index in [0.29, 0.717) is 12.0 Å². The van der Waals surface area contributed by atoms with Gasteiger partial charge in [0.15, 0.2) is 5.78 Å². The van der Waals surface area contributed by atoms with Gasteiger partial charge in [0.2, 0.25) is 6.29 Å². The van der Waals surface area contributed by atoms with Crippen LogP contribution in [0.5, 0.6) is 11.5 Å². The van der Waals surface area contributed by atoms with Crippen LogP contribution in [-0.4, -0.2) is 76.8 Å². The lowest BCUT2D eigenvalue weighted by Crippen LogP contribution is -2.60. The Labute approximate surface area is 211 Å². The largest absolute Gasteiger partial charge is 0.508 e. The van der Waals surface area contributed by atoms with E-state index in [1.807, 2.05) is 24.3 Å². The molecule has 1 aromatic heterocycles. The number of ketones is 1. The van der Waals surface area contributed by atoms with Crippen molar-refractivity contribution >= 4 is 22.9 Å². The van der Waals surface area contributed by atoms with Crippen LogP contribution in [-0.2, 0) is 20.6 Å². The summed E-state index contributed by atoms with van der Waals surface area (Å²) in [5.74, 6) is -0.814. The molecule has 0 spiro atoms. The lowest BCUT2D eigenvalue weighted by Gasteiger charge is -2.40. The number of benzene rings is 2. The number of ether oxygens (including phenoxy) is 4. The minimum Gasteiger partial charge on any atom is -0.507 e. The summed E-state index contributed by atoms with van der Waals surface area (Å²) < 4.78 is 25.8. The first-order valence-corrected chi connectivity index (χ1v) is 11.6. The predicted octanol–water partition coefficient (Wildman–Crippen LogP) is 2.23. The number of methoxy groups -OCH3 is 1. The van der Waals surface area contributed by atoms with Gasteiger partial charge in [0.25, 0.3) is 0 Å². The van der Waals surface area contributed by atoms with Crippen molar-refractivity contribution in [2.75, 3.05) is 13.7 Å². The maximum Gasteiger partial charge on any atom is 0.508 e. The number of furan rings is 1. The number of carbonyl (C=O) groups excluding carboxylic acids is 2. The fourth-order valence-electron chi connectivity index (χ4n) is 4.15. The Bertz CT molecular complexity index is 1270. The fraction of sp³-hybridized carbons (Fsp3) is 0.385. The van der Waals surface area contributed by atoms with E-state index in [1.54, 1.807) is 13.2 Å². The Hall–Kier alpha value is -3.64. The molecule has 1 aliphatic heterocycles. The van der Waals surface area contributed by atoms with Crippen LogP contribution >= 0.6 is 0 Å². The highest BCUT2D eigenvalue weighted by Crippen LogP contribution is 2.34. The molecule has 1 saturated heterocycles. The summed E-state index contributed by atoms with van der Waals surface area (Å²) in [6.07, 6.45) is -6.86. The van der Waals surface area contributed by atoms with Crippen LogP contribution in [0, 0.1) is 6.92 Å². The molecular weight excluding hydrogens is 488 g/mol. The molecular formula is C26H28O11. The maximum absolute atomic E-state index is 13.2. The molecule has 1 aliphatic rings. The third kappa shape index (κ3) is 5.86. The molecule has 4 rings (SSSR count). The van der Waals surface area contributed by atoms with Gasteiger partial charge in [-0.05, 0) is 54.8 Å². The second-order valence-corrected chi connectivity index (χ2v) is 8.77. The van der Waals surface area contributed by atoms with Gasteiger partial charge in [0.1, 0.15) is 53.7 Å². The van der Waals surface area contributed by atoms with E-state index >= 15 is 0 Å². The van der Waals surface area contributed by atoms with Crippen molar-refractivity contribution in [1.82, 2.24) is 0 Å². The van der Waals surface area contributed by atoms with Gasteiger partial charge in [0.05, 0.1) is 13.4 Å². The van der Waals surface area contributed by atoms with E-state index < -0.39 is 49.3 Å². The van der Waals surface area contributed by atoms with Crippen molar-refractivity contribution in [2.24, 2.45) is 0 Å². The molecule has 11 heteroatoms. The SMILES string of the molecule is COC(=O)OC[C@H]1OC(Oc2cc(C)cc(O)c2C(=O)CCc2ccc3occc3c2)[C@H](O)[C@@H](O)[C@@H]1O. The van der Waals surface area contributed by atoms with E-state index in [2.05, 4.69) is 4.74 Å². The molecule has 3 aromatic rings. The summed E-state index contributed by atoms with van der Waals surface area (Å²) >= 11 is 0. The zero-order valence-electron chi connectivity index (χ0n) is 20.2. The van der Waals surface area contributed by atoms with Crippen LogP contribution in [0.2, 0.25) is 0 Å². The lowest BCUT2D eigenvalue weighted by molar-refractivity contribution is -0.277. The first-order chi connectivity index (χ1) is 17.7. The standard InChI is InChI=1S/C26H28O11/c1-13-9-17(28)21(16(27)5-3-14-4-6-18-15(11-14)7-8-34-18)19(10-13)36-25-24(31)23(30)22(29)20(37-25)12-35-26(32)33-2/h4,6-11,20,22-25,28-31H,3,5,12H2,1-2H3/t20-,22-,23+,24-,25?/m1/s1. The number of rotatable bonds is 8. The van der Waals surface area contributed by atoms with Gasteiger partial charge >= 0.3 is 6.16 Å². The van der Waals surface area contributed by atoms with Gasteiger partial charge in [-0.2, -0.15) is 0 Å². The average molecular weight is 516 g/mol. The van der Waals surface area contributed by atoms with Crippen molar-refractivity contribution in [3.63, 3.8) is 0 Å². The molecule has 37 heavy (non-hydrogen) atoms. The number of hydrogen-bond acceptors (Lipinski definition) is 11. The van der Waals surface area contributed by atoms with E-state index in [1.165, 1.54) is 12.1 Å². The Kier molecular flexibility index (Phi) is 7.98. The summed E-state index contributed by atoms with van der Waals surface area (Å²) in [7, 11) is 1.10. The lowest BCUT2D eigenvalue weighted by atomic mass is 9.98. The van der Waals surface area contributed by atoms with Crippen molar-refractivity contribution < 1.29 is 53.4 Å². The van der Waals surface area contributed by atoms with E-state index in [4.69, 9.17) is 18.6 Å². The van der Waals surface area contributed by atoms with Crippen molar-refractivity contribution in [1.29, 1.82) is 0 Å². The minimum absolute atomic E-state index is 0.0430. The molecule has 5 atom stereocenters. The second kappa shape index (κ2) is 11.2. The Morgan fingerprint density at radius 1 is 1.03 bits per heavy atom. The molecule has 11 nitrogen and oxygen atoms in total. The normalized spacial score (nSPS) is 23.5.